The van der Waals surface area contributed by atoms with Crippen LogP contribution in [-0.4, -0.2) is 80.6 Å². The molecule has 2 aliphatic rings. The second-order valence-corrected chi connectivity index (χ2v) is 7.20. The molecule has 5 heterocycles. The lowest BCUT2D eigenvalue weighted by Crippen LogP contribution is -2.39. The number of fused-ring (bicyclic) bond motifs is 1. The fourth-order valence-corrected chi connectivity index (χ4v) is 3.73. The SMILES string of the molecule is F[C@@H]1COCCC1Nc1nc2c(N3C[C@@H](F)[C@H](F)C3)c(-c3cn[nH]c3)ncn2n1. The minimum Gasteiger partial charge on any atom is -0.378 e. The first-order chi connectivity index (χ1) is 14.1. The molecule has 2 fully saturated rings. The monoisotopic (exact) mass is 408 g/mol. The number of aromatic amines is 1. The van der Waals surface area contributed by atoms with E-state index in [0.29, 0.717) is 35.6 Å². The largest absolute Gasteiger partial charge is 0.378 e. The van der Waals surface area contributed by atoms with E-state index < -0.39 is 24.6 Å². The first-order valence-electron chi connectivity index (χ1n) is 9.36. The van der Waals surface area contributed by atoms with Gasteiger partial charge in [0.2, 0.25) is 5.95 Å². The molecule has 3 aromatic heterocycles. The summed E-state index contributed by atoms with van der Waals surface area (Å²) in [5, 5.41) is 14.0. The van der Waals surface area contributed by atoms with Crippen LogP contribution in [0.4, 0.5) is 24.8 Å². The Morgan fingerprint density at radius 3 is 2.72 bits per heavy atom. The van der Waals surface area contributed by atoms with Crippen molar-refractivity contribution in [2.45, 2.75) is 31.0 Å². The lowest BCUT2D eigenvalue weighted by atomic mass is 10.1. The molecule has 0 aliphatic carbocycles. The van der Waals surface area contributed by atoms with E-state index in [1.807, 2.05) is 0 Å². The number of nitrogens with zero attached hydrogens (tertiary/aromatic N) is 6. The highest BCUT2D eigenvalue weighted by atomic mass is 19.2. The van der Waals surface area contributed by atoms with Crippen molar-refractivity contribution in [3.63, 3.8) is 0 Å². The van der Waals surface area contributed by atoms with Gasteiger partial charge in [-0.25, -0.2) is 18.2 Å². The van der Waals surface area contributed by atoms with Gasteiger partial charge in [0.1, 0.15) is 23.9 Å². The van der Waals surface area contributed by atoms with Gasteiger partial charge < -0.3 is 15.0 Å². The summed E-state index contributed by atoms with van der Waals surface area (Å²) in [5.74, 6) is 0.222. The fourth-order valence-electron chi connectivity index (χ4n) is 3.73. The molecular weight excluding hydrogens is 389 g/mol. The van der Waals surface area contributed by atoms with Gasteiger partial charge in [-0.05, 0) is 6.42 Å². The minimum atomic E-state index is -1.59. The summed E-state index contributed by atoms with van der Waals surface area (Å²) < 4.78 is 48.5. The van der Waals surface area contributed by atoms with Crippen LogP contribution in [0.3, 0.4) is 0 Å². The first-order valence-corrected chi connectivity index (χ1v) is 9.36. The van der Waals surface area contributed by atoms with Crippen LogP contribution >= 0.6 is 0 Å². The molecule has 0 spiro atoms. The molecule has 9 nitrogen and oxygen atoms in total. The number of aromatic nitrogens is 6. The number of nitrogens with one attached hydrogen (secondary N) is 2. The van der Waals surface area contributed by atoms with Crippen molar-refractivity contribution < 1.29 is 17.9 Å². The maximum Gasteiger partial charge on any atom is 0.243 e. The molecule has 154 valence electrons. The smallest absolute Gasteiger partial charge is 0.243 e. The van der Waals surface area contributed by atoms with Crippen molar-refractivity contribution in [3.8, 4) is 11.3 Å². The summed E-state index contributed by atoms with van der Waals surface area (Å²) in [5.41, 5.74) is 1.98. The summed E-state index contributed by atoms with van der Waals surface area (Å²) in [6.07, 6.45) is 0.804. The van der Waals surface area contributed by atoms with Crippen LogP contribution in [0.1, 0.15) is 6.42 Å². The molecule has 0 amide bonds. The van der Waals surface area contributed by atoms with Crippen molar-refractivity contribution in [2.75, 3.05) is 36.5 Å². The molecule has 12 heteroatoms. The number of rotatable bonds is 4. The summed E-state index contributed by atoms with van der Waals surface area (Å²) in [4.78, 5) is 10.5. The molecule has 29 heavy (non-hydrogen) atoms. The van der Waals surface area contributed by atoms with Crippen LogP contribution < -0.4 is 10.2 Å². The highest BCUT2D eigenvalue weighted by molar-refractivity contribution is 5.85. The number of anilines is 2. The van der Waals surface area contributed by atoms with Gasteiger partial charge in [0, 0.05) is 18.4 Å². The Labute approximate surface area is 163 Å². The molecular formula is C17H19F3N8O. The zero-order valence-electron chi connectivity index (χ0n) is 15.3. The van der Waals surface area contributed by atoms with Gasteiger partial charge in [0.05, 0.1) is 31.9 Å². The van der Waals surface area contributed by atoms with E-state index in [1.165, 1.54) is 10.8 Å². The normalized spacial score (nSPS) is 27.6. The Morgan fingerprint density at radius 1 is 1.17 bits per heavy atom. The van der Waals surface area contributed by atoms with Crippen LogP contribution in [0, 0.1) is 0 Å². The molecule has 3 aromatic rings. The Balaban J connectivity index is 1.56. The zero-order chi connectivity index (χ0) is 20.0. The summed E-state index contributed by atoms with van der Waals surface area (Å²) in [6.45, 7) is 0.240. The number of H-pyrrole nitrogens is 1. The summed E-state index contributed by atoms with van der Waals surface area (Å²) >= 11 is 0. The Bertz CT molecular complexity index is 986. The van der Waals surface area contributed by atoms with Crippen molar-refractivity contribution in [1.82, 2.24) is 29.8 Å². The van der Waals surface area contributed by atoms with E-state index in [0.717, 1.165) is 0 Å². The predicted octanol–water partition coefficient (Wildman–Crippen LogP) is 1.55. The first kappa shape index (κ1) is 18.2. The third-order valence-electron chi connectivity index (χ3n) is 5.23. The molecule has 5 rings (SSSR count). The number of ether oxygens (including phenoxy) is 1. The average Bonchev–Trinajstić information content (AvgIpc) is 3.43. The van der Waals surface area contributed by atoms with Gasteiger partial charge in [-0.2, -0.15) is 14.6 Å². The van der Waals surface area contributed by atoms with E-state index >= 15 is 0 Å². The van der Waals surface area contributed by atoms with Gasteiger partial charge >= 0.3 is 0 Å². The van der Waals surface area contributed by atoms with E-state index in [2.05, 4.69) is 30.6 Å². The number of alkyl halides is 3. The highest BCUT2D eigenvalue weighted by Crippen LogP contribution is 2.35. The average molecular weight is 408 g/mol. The Morgan fingerprint density at radius 2 is 2.00 bits per heavy atom. The fraction of sp³-hybridized carbons (Fsp3) is 0.529. The molecule has 0 saturated carbocycles. The molecule has 1 unspecified atom stereocenters. The highest BCUT2D eigenvalue weighted by Gasteiger charge is 2.36. The standard InChI is InChI=1S/C17H19F3N8O/c18-10-5-27(6-11(10)19)15-14(9-3-22-23-4-9)21-8-28-16(15)25-17(26-28)24-13-1-2-29-7-12(13)20/h3-4,8,10-13H,1-2,5-7H2,(H,22,23)(H,24,26)/t10-,11-,12-,13?/m1/s1. The topological polar surface area (TPSA) is 96.3 Å². The predicted molar refractivity (Wildman–Crippen MR) is 98.1 cm³/mol. The van der Waals surface area contributed by atoms with E-state index in [4.69, 9.17) is 4.74 Å². The molecule has 2 saturated heterocycles. The van der Waals surface area contributed by atoms with E-state index in [-0.39, 0.29) is 25.6 Å². The number of halogens is 3. The number of hydrogen-bond donors (Lipinski definition) is 2. The molecule has 0 radical (unpaired) electrons. The second kappa shape index (κ2) is 7.17. The maximum absolute atomic E-state index is 14.1. The van der Waals surface area contributed by atoms with Crippen LogP contribution in [0.15, 0.2) is 18.7 Å². The van der Waals surface area contributed by atoms with Gasteiger partial charge in [0.25, 0.3) is 0 Å². The van der Waals surface area contributed by atoms with Crippen LogP contribution in [0.25, 0.3) is 16.9 Å². The van der Waals surface area contributed by atoms with Gasteiger partial charge in [-0.3, -0.25) is 5.10 Å². The van der Waals surface area contributed by atoms with Crippen LogP contribution in [0.2, 0.25) is 0 Å². The van der Waals surface area contributed by atoms with Crippen molar-refractivity contribution in [3.05, 3.63) is 18.7 Å². The van der Waals surface area contributed by atoms with E-state index in [1.54, 1.807) is 17.3 Å². The summed E-state index contributed by atoms with van der Waals surface area (Å²) in [7, 11) is 0. The van der Waals surface area contributed by atoms with Gasteiger partial charge in [0.15, 0.2) is 18.0 Å². The van der Waals surface area contributed by atoms with Crippen molar-refractivity contribution in [1.29, 1.82) is 0 Å². The van der Waals surface area contributed by atoms with Crippen molar-refractivity contribution >= 4 is 17.3 Å². The minimum absolute atomic E-state index is 0.0199. The lowest BCUT2D eigenvalue weighted by Gasteiger charge is -2.26. The Hall–Kier alpha value is -2.89. The zero-order valence-corrected chi connectivity index (χ0v) is 15.3. The molecule has 0 aromatic carbocycles. The van der Waals surface area contributed by atoms with Crippen molar-refractivity contribution in [2.24, 2.45) is 0 Å². The lowest BCUT2D eigenvalue weighted by molar-refractivity contribution is 0.0284. The quantitative estimate of drug-likeness (QED) is 0.676. The van der Waals surface area contributed by atoms with Gasteiger partial charge in [-0.15, -0.1) is 5.10 Å². The van der Waals surface area contributed by atoms with Gasteiger partial charge in [-0.1, -0.05) is 0 Å². The maximum atomic E-state index is 14.1. The van der Waals surface area contributed by atoms with Crippen LogP contribution in [0.5, 0.6) is 0 Å². The molecule has 4 atom stereocenters. The van der Waals surface area contributed by atoms with Crippen LogP contribution in [-0.2, 0) is 4.74 Å². The third kappa shape index (κ3) is 3.26. The summed E-state index contributed by atoms with van der Waals surface area (Å²) in [6, 6.07) is -0.469. The Kier molecular flexibility index (Phi) is 4.49. The molecule has 0 bridgehead atoms. The second-order valence-electron chi connectivity index (χ2n) is 7.20. The molecule has 2 N–H and O–H groups in total. The van der Waals surface area contributed by atoms with E-state index in [9.17, 15) is 13.2 Å². The molecule has 2 aliphatic heterocycles. The third-order valence-corrected chi connectivity index (χ3v) is 5.23. The number of hydrogen-bond acceptors (Lipinski definition) is 7.